The van der Waals surface area contributed by atoms with Gasteiger partial charge in [-0.2, -0.15) is 0 Å². The fourth-order valence-corrected chi connectivity index (χ4v) is 3.26. The molecule has 17 heavy (non-hydrogen) atoms. The highest BCUT2D eigenvalue weighted by molar-refractivity contribution is 9.11. The summed E-state index contributed by atoms with van der Waals surface area (Å²) in [6.07, 6.45) is 0.756. The van der Waals surface area contributed by atoms with E-state index in [2.05, 4.69) is 31.2 Å². The van der Waals surface area contributed by atoms with Crippen LogP contribution in [0.3, 0.4) is 0 Å². The zero-order valence-electron chi connectivity index (χ0n) is 8.92. The average Bonchev–Trinajstić information content (AvgIpc) is 2.76. The van der Waals surface area contributed by atoms with Crippen LogP contribution in [0.2, 0.25) is 0 Å². The highest BCUT2D eigenvalue weighted by Gasteiger charge is 2.16. The Hall–Kier alpha value is -0.980. The average molecular weight is 312 g/mol. The zero-order valence-corrected chi connectivity index (χ0v) is 11.3. The first-order chi connectivity index (χ1) is 8.24. The topological polar surface area (TPSA) is 57.8 Å². The number of hydrogen-bond donors (Lipinski definition) is 2. The van der Waals surface area contributed by atoms with Crippen molar-refractivity contribution in [3.05, 3.63) is 37.5 Å². The van der Waals surface area contributed by atoms with E-state index in [1.807, 2.05) is 12.1 Å². The van der Waals surface area contributed by atoms with Gasteiger partial charge in [-0.15, -0.1) is 11.3 Å². The quantitative estimate of drug-likeness (QED) is 0.846. The number of nitrogens with zero attached hydrogens (tertiary/aromatic N) is 1. The molecule has 1 aliphatic rings. The fourth-order valence-electron chi connectivity index (χ4n) is 1.93. The maximum absolute atomic E-state index is 11.9. The molecule has 0 unspecified atom stereocenters. The molecule has 6 heteroatoms. The van der Waals surface area contributed by atoms with Crippen LogP contribution >= 0.6 is 27.3 Å². The Kier molecular flexibility index (Phi) is 2.85. The minimum absolute atomic E-state index is 0.00368. The second-order valence-corrected chi connectivity index (χ2v) is 6.33. The first kappa shape index (κ1) is 11.1. The number of nitrogens with one attached hydrogen (secondary N) is 2. The lowest BCUT2D eigenvalue weighted by Crippen LogP contribution is -2.31. The van der Waals surface area contributed by atoms with Gasteiger partial charge in [0.2, 0.25) is 0 Å². The van der Waals surface area contributed by atoms with Crippen molar-refractivity contribution >= 4 is 27.3 Å². The molecule has 0 saturated heterocycles. The van der Waals surface area contributed by atoms with Crippen molar-refractivity contribution in [3.8, 4) is 10.7 Å². The lowest BCUT2D eigenvalue weighted by atomic mass is 10.1. The second kappa shape index (κ2) is 4.36. The predicted molar refractivity (Wildman–Crippen MR) is 71.3 cm³/mol. The van der Waals surface area contributed by atoms with E-state index in [4.69, 9.17) is 0 Å². The van der Waals surface area contributed by atoms with Crippen LogP contribution in [0, 0.1) is 0 Å². The van der Waals surface area contributed by atoms with Gasteiger partial charge in [-0.05, 0) is 41.0 Å². The van der Waals surface area contributed by atoms with E-state index in [1.165, 1.54) is 0 Å². The SMILES string of the molecule is O=c1[nH]c(-c2ccc(Br)s2)nc2c1CCNC2. The van der Waals surface area contributed by atoms with Gasteiger partial charge in [0.25, 0.3) is 5.56 Å². The predicted octanol–water partition coefficient (Wildman–Crippen LogP) is 1.91. The van der Waals surface area contributed by atoms with Gasteiger partial charge in [0.1, 0.15) is 0 Å². The van der Waals surface area contributed by atoms with Crippen LogP contribution in [0.15, 0.2) is 20.7 Å². The van der Waals surface area contributed by atoms with E-state index in [1.54, 1.807) is 11.3 Å². The number of rotatable bonds is 1. The second-order valence-electron chi connectivity index (χ2n) is 3.87. The Labute approximate surface area is 110 Å². The maximum Gasteiger partial charge on any atom is 0.254 e. The van der Waals surface area contributed by atoms with Crippen molar-refractivity contribution in [2.24, 2.45) is 0 Å². The Bertz CT molecular complexity index is 619. The lowest BCUT2D eigenvalue weighted by molar-refractivity contribution is 0.619. The Morgan fingerprint density at radius 2 is 2.29 bits per heavy atom. The molecule has 1 aliphatic heterocycles. The van der Waals surface area contributed by atoms with Crippen LogP contribution in [-0.4, -0.2) is 16.5 Å². The van der Waals surface area contributed by atoms with Crippen LogP contribution in [0.5, 0.6) is 0 Å². The summed E-state index contributed by atoms with van der Waals surface area (Å²) < 4.78 is 1.03. The van der Waals surface area contributed by atoms with E-state index >= 15 is 0 Å². The minimum atomic E-state index is -0.00368. The summed E-state index contributed by atoms with van der Waals surface area (Å²) in [5.41, 5.74) is 1.69. The van der Waals surface area contributed by atoms with Crippen molar-refractivity contribution in [3.63, 3.8) is 0 Å². The third-order valence-corrected chi connectivity index (χ3v) is 4.38. The van der Waals surface area contributed by atoms with Crippen molar-refractivity contribution < 1.29 is 0 Å². The molecule has 0 saturated carbocycles. The number of thiophene rings is 1. The number of halogens is 1. The van der Waals surface area contributed by atoms with Gasteiger partial charge >= 0.3 is 0 Å². The standard InChI is InChI=1S/C11H10BrN3OS/c12-9-2-1-8(17-9)10-14-7-5-13-4-3-6(7)11(16)15-10/h1-2,13H,3-5H2,(H,14,15,16). The largest absolute Gasteiger partial charge is 0.311 e. The molecule has 0 fully saturated rings. The van der Waals surface area contributed by atoms with Crippen molar-refractivity contribution in [2.75, 3.05) is 6.54 Å². The molecule has 0 bridgehead atoms. The first-order valence-electron chi connectivity index (χ1n) is 5.32. The minimum Gasteiger partial charge on any atom is -0.311 e. The Morgan fingerprint density at radius 3 is 3.06 bits per heavy atom. The molecule has 2 N–H and O–H groups in total. The molecule has 0 aromatic carbocycles. The molecular formula is C11H10BrN3OS. The normalized spacial score (nSPS) is 14.6. The third kappa shape index (κ3) is 2.08. The number of H-pyrrole nitrogens is 1. The van der Waals surface area contributed by atoms with Gasteiger partial charge in [-0.1, -0.05) is 0 Å². The first-order valence-corrected chi connectivity index (χ1v) is 6.93. The molecule has 0 spiro atoms. The summed E-state index contributed by atoms with van der Waals surface area (Å²) in [5, 5.41) is 3.23. The molecule has 3 heterocycles. The van der Waals surface area contributed by atoms with E-state index in [0.717, 1.165) is 32.9 Å². The number of fused-ring (bicyclic) bond motifs is 1. The van der Waals surface area contributed by atoms with Crippen molar-refractivity contribution in [2.45, 2.75) is 13.0 Å². The maximum atomic E-state index is 11.9. The van der Waals surface area contributed by atoms with Crippen LogP contribution in [0.25, 0.3) is 10.7 Å². The van der Waals surface area contributed by atoms with Crippen molar-refractivity contribution in [1.82, 2.24) is 15.3 Å². The van der Waals surface area contributed by atoms with Crippen LogP contribution in [0.4, 0.5) is 0 Å². The summed E-state index contributed by atoms with van der Waals surface area (Å²) in [4.78, 5) is 20.3. The van der Waals surface area contributed by atoms with E-state index in [0.29, 0.717) is 12.4 Å². The summed E-state index contributed by atoms with van der Waals surface area (Å²) in [7, 11) is 0. The summed E-state index contributed by atoms with van der Waals surface area (Å²) >= 11 is 4.97. The van der Waals surface area contributed by atoms with Gasteiger partial charge in [-0.3, -0.25) is 4.79 Å². The number of aromatic amines is 1. The molecule has 0 radical (unpaired) electrons. The Balaban J connectivity index is 2.13. The molecule has 0 aliphatic carbocycles. The van der Waals surface area contributed by atoms with E-state index in [-0.39, 0.29) is 5.56 Å². The number of aromatic nitrogens is 2. The smallest absolute Gasteiger partial charge is 0.254 e. The van der Waals surface area contributed by atoms with Gasteiger partial charge in [0.15, 0.2) is 5.82 Å². The monoisotopic (exact) mass is 311 g/mol. The van der Waals surface area contributed by atoms with Gasteiger partial charge in [0, 0.05) is 12.1 Å². The van der Waals surface area contributed by atoms with Crippen LogP contribution in [0.1, 0.15) is 11.3 Å². The zero-order chi connectivity index (χ0) is 11.8. The highest BCUT2D eigenvalue weighted by atomic mass is 79.9. The van der Waals surface area contributed by atoms with Gasteiger partial charge in [0.05, 0.1) is 14.4 Å². The molecule has 0 amide bonds. The molecule has 2 aromatic rings. The lowest BCUT2D eigenvalue weighted by Gasteiger charge is -2.15. The van der Waals surface area contributed by atoms with Gasteiger partial charge < -0.3 is 10.3 Å². The van der Waals surface area contributed by atoms with Crippen LogP contribution in [-0.2, 0) is 13.0 Å². The van der Waals surface area contributed by atoms with Crippen molar-refractivity contribution in [1.29, 1.82) is 0 Å². The number of hydrogen-bond acceptors (Lipinski definition) is 4. The molecule has 0 atom stereocenters. The Morgan fingerprint density at radius 1 is 1.41 bits per heavy atom. The fraction of sp³-hybridized carbons (Fsp3) is 0.273. The van der Waals surface area contributed by atoms with E-state index in [9.17, 15) is 4.79 Å². The van der Waals surface area contributed by atoms with Crippen LogP contribution < -0.4 is 10.9 Å². The van der Waals surface area contributed by atoms with Gasteiger partial charge in [-0.25, -0.2) is 4.98 Å². The summed E-state index contributed by atoms with van der Waals surface area (Å²) in [6.45, 7) is 1.53. The van der Waals surface area contributed by atoms with E-state index < -0.39 is 0 Å². The molecule has 88 valence electrons. The highest BCUT2D eigenvalue weighted by Crippen LogP contribution is 2.28. The summed E-state index contributed by atoms with van der Waals surface area (Å²) in [5.74, 6) is 0.660. The molecule has 4 nitrogen and oxygen atoms in total. The third-order valence-electron chi connectivity index (χ3n) is 2.75. The molecule has 3 rings (SSSR count). The molecular weight excluding hydrogens is 302 g/mol. The molecule has 2 aromatic heterocycles. The summed E-state index contributed by atoms with van der Waals surface area (Å²) in [6, 6.07) is 3.91.